The second-order valence-corrected chi connectivity index (χ2v) is 7.04. The Morgan fingerprint density at radius 2 is 2.00 bits per heavy atom. The summed E-state index contributed by atoms with van der Waals surface area (Å²) in [5.74, 6) is 1.36. The maximum Gasteiger partial charge on any atom is 0.251 e. The van der Waals surface area contributed by atoms with Crippen molar-refractivity contribution < 1.29 is 14.3 Å². The summed E-state index contributed by atoms with van der Waals surface area (Å²) >= 11 is 0. The van der Waals surface area contributed by atoms with E-state index in [0.29, 0.717) is 24.5 Å². The fraction of sp³-hybridized carbons (Fsp3) is 0.318. The van der Waals surface area contributed by atoms with E-state index < -0.39 is 0 Å². The number of morpholine rings is 1. The fourth-order valence-corrected chi connectivity index (χ4v) is 3.27. The zero-order valence-electron chi connectivity index (χ0n) is 16.7. The molecular weight excluding hydrogens is 382 g/mol. The number of benzene rings is 2. The number of aromatic nitrogens is 3. The predicted molar refractivity (Wildman–Crippen MR) is 112 cm³/mol. The van der Waals surface area contributed by atoms with Gasteiger partial charge in [0.1, 0.15) is 18.7 Å². The summed E-state index contributed by atoms with van der Waals surface area (Å²) in [5, 5.41) is 9.59. The van der Waals surface area contributed by atoms with Crippen molar-refractivity contribution in [3.05, 3.63) is 66.0 Å². The third-order valence-corrected chi connectivity index (χ3v) is 4.97. The van der Waals surface area contributed by atoms with Crippen molar-refractivity contribution >= 4 is 5.91 Å². The highest BCUT2D eigenvalue weighted by molar-refractivity contribution is 5.94. The summed E-state index contributed by atoms with van der Waals surface area (Å²) in [6, 6.07) is 15.1. The zero-order chi connectivity index (χ0) is 20.6. The van der Waals surface area contributed by atoms with E-state index in [1.807, 2.05) is 36.4 Å². The third-order valence-electron chi connectivity index (χ3n) is 4.97. The molecule has 0 aliphatic carbocycles. The molecule has 3 aromatic rings. The molecular formula is C22H25N5O3. The molecule has 0 spiro atoms. The van der Waals surface area contributed by atoms with E-state index in [9.17, 15) is 4.79 Å². The number of carbonyl (C=O) groups excluding carboxylic acids is 1. The van der Waals surface area contributed by atoms with Crippen LogP contribution in [0.1, 0.15) is 15.9 Å². The fourth-order valence-electron chi connectivity index (χ4n) is 3.27. The molecule has 1 aliphatic rings. The van der Waals surface area contributed by atoms with Gasteiger partial charge in [-0.1, -0.05) is 24.3 Å². The Bertz CT molecular complexity index is 938. The average Bonchev–Trinajstić information content (AvgIpc) is 3.34. The number of carbonyl (C=O) groups is 1. The Balaban J connectivity index is 1.26. The van der Waals surface area contributed by atoms with Crippen molar-refractivity contribution in [3.63, 3.8) is 0 Å². The lowest BCUT2D eigenvalue weighted by molar-refractivity contribution is 0.0322. The van der Waals surface area contributed by atoms with Gasteiger partial charge in [-0.2, -0.15) is 5.10 Å². The van der Waals surface area contributed by atoms with Crippen molar-refractivity contribution in [2.24, 2.45) is 0 Å². The van der Waals surface area contributed by atoms with Gasteiger partial charge in [-0.15, -0.1) is 0 Å². The molecule has 30 heavy (non-hydrogen) atoms. The van der Waals surface area contributed by atoms with Gasteiger partial charge in [-0.25, -0.2) is 4.98 Å². The van der Waals surface area contributed by atoms with Crippen LogP contribution >= 0.6 is 0 Å². The number of nitrogens with one attached hydrogen (secondary N) is 2. The monoisotopic (exact) mass is 407 g/mol. The minimum atomic E-state index is -0.127. The third kappa shape index (κ3) is 5.43. The van der Waals surface area contributed by atoms with Gasteiger partial charge in [0.05, 0.1) is 13.2 Å². The Morgan fingerprint density at radius 1 is 1.17 bits per heavy atom. The Hall–Kier alpha value is -3.23. The number of nitrogens with zero attached hydrogens (tertiary/aromatic N) is 3. The molecule has 1 saturated heterocycles. The molecule has 2 N–H and O–H groups in total. The minimum absolute atomic E-state index is 0.127. The first-order chi connectivity index (χ1) is 14.8. The van der Waals surface area contributed by atoms with E-state index in [-0.39, 0.29) is 5.91 Å². The smallest absolute Gasteiger partial charge is 0.251 e. The van der Waals surface area contributed by atoms with E-state index in [1.54, 1.807) is 12.1 Å². The Morgan fingerprint density at radius 3 is 2.77 bits per heavy atom. The summed E-state index contributed by atoms with van der Waals surface area (Å²) < 4.78 is 11.2. The summed E-state index contributed by atoms with van der Waals surface area (Å²) in [6.45, 7) is 5.44. The van der Waals surface area contributed by atoms with Gasteiger partial charge < -0.3 is 14.8 Å². The second-order valence-electron chi connectivity index (χ2n) is 7.04. The van der Waals surface area contributed by atoms with Gasteiger partial charge in [0.2, 0.25) is 0 Å². The molecule has 2 heterocycles. The lowest BCUT2D eigenvalue weighted by Gasteiger charge is -2.26. The highest BCUT2D eigenvalue weighted by atomic mass is 16.5. The molecule has 8 heteroatoms. The Labute approximate surface area is 175 Å². The second kappa shape index (κ2) is 10.00. The van der Waals surface area contributed by atoms with E-state index in [4.69, 9.17) is 9.47 Å². The van der Waals surface area contributed by atoms with Crippen LogP contribution in [0.15, 0.2) is 54.9 Å². The van der Waals surface area contributed by atoms with Gasteiger partial charge in [-0.3, -0.25) is 14.8 Å². The van der Waals surface area contributed by atoms with Gasteiger partial charge in [-0.05, 0) is 29.8 Å². The van der Waals surface area contributed by atoms with Crippen LogP contribution in [0, 0.1) is 0 Å². The highest BCUT2D eigenvalue weighted by Crippen LogP contribution is 2.16. The van der Waals surface area contributed by atoms with Crippen LogP contribution in [0.2, 0.25) is 0 Å². The van der Waals surface area contributed by atoms with E-state index in [2.05, 4.69) is 25.4 Å². The molecule has 1 aliphatic heterocycles. The summed E-state index contributed by atoms with van der Waals surface area (Å²) in [5.41, 5.74) is 2.47. The molecule has 0 bridgehead atoms. The van der Waals surface area contributed by atoms with E-state index >= 15 is 0 Å². The number of hydrogen-bond donors (Lipinski definition) is 2. The van der Waals surface area contributed by atoms with Crippen LogP contribution in [-0.2, 0) is 11.3 Å². The first kappa shape index (κ1) is 20.1. The average molecular weight is 407 g/mol. The van der Waals surface area contributed by atoms with Gasteiger partial charge in [0, 0.05) is 37.3 Å². The lowest BCUT2D eigenvalue weighted by atomic mass is 10.1. The first-order valence-corrected chi connectivity index (χ1v) is 10.0. The minimum Gasteiger partial charge on any atom is -0.492 e. The molecule has 0 unspecified atom stereocenters. The molecule has 2 aromatic carbocycles. The molecule has 0 atom stereocenters. The maximum absolute atomic E-state index is 12.5. The molecule has 4 rings (SSSR count). The van der Waals surface area contributed by atoms with Gasteiger partial charge >= 0.3 is 0 Å². The summed E-state index contributed by atoms with van der Waals surface area (Å²) in [6.07, 6.45) is 1.45. The molecule has 156 valence electrons. The van der Waals surface area contributed by atoms with Crippen molar-refractivity contribution in [1.82, 2.24) is 25.4 Å². The molecule has 8 nitrogen and oxygen atoms in total. The molecule has 0 radical (unpaired) electrons. The van der Waals surface area contributed by atoms with Crippen LogP contribution in [0.25, 0.3) is 11.4 Å². The van der Waals surface area contributed by atoms with Crippen LogP contribution < -0.4 is 10.1 Å². The van der Waals surface area contributed by atoms with Crippen molar-refractivity contribution in [2.45, 2.75) is 6.54 Å². The van der Waals surface area contributed by atoms with E-state index in [1.165, 1.54) is 6.33 Å². The van der Waals surface area contributed by atoms with Crippen molar-refractivity contribution in [3.8, 4) is 17.1 Å². The molecule has 1 aromatic heterocycles. The van der Waals surface area contributed by atoms with Gasteiger partial charge in [0.25, 0.3) is 5.91 Å². The lowest BCUT2D eigenvalue weighted by Crippen LogP contribution is -2.38. The number of aromatic amines is 1. The van der Waals surface area contributed by atoms with E-state index in [0.717, 1.165) is 49.7 Å². The highest BCUT2D eigenvalue weighted by Gasteiger charge is 2.10. The Kier molecular flexibility index (Phi) is 6.68. The number of ether oxygens (including phenoxy) is 2. The molecule has 1 amide bonds. The van der Waals surface area contributed by atoms with Crippen LogP contribution in [0.5, 0.6) is 5.75 Å². The molecule has 1 fully saturated rings. The quantitative estimate of drug-likeness (QED) is 0.594. The largest absolute Gasteiger partial charge is 0.492 e. The number of amides is 1. The van der Waals surface area contributed by atoms with Crippen LogP contribution in [0.4, 0.5) is 0 Å². The topological polar surface area (TPSA) is 92.4 Å². The SMILES string of the molecule is O=C(NCc1cccc(OCCN2CCOCC2)c1)c1ccc(-c2ncn[nH]2)cc1. The van der Waals surface area contributed by atoms with Crippen molar-refractivity contribution in [2.75, 3.05) is 39.5 Å². The summed E-state index contributed by atoms with van der Waals surface area (Å²) in [7, 11) is 0. The van der Waals surface area contributed by atoms with Gasteiger partial charge in [0.15, 0.2) is 5.82 Å². The van der Waals surface area contributed by atoms with Crippen molar-refractivity contribution in [1.29, 1.82) is 0 Å². The molecule has 0 saturated carbocycles. The van der Waals surface area contributed by atoms with Crippen LogP contribution in [-0.4, -0.2) is 65.4 Å². The normalized spacial score (nSPS) is 14.4. The standard InChI is InChI=1S/C22H25N5O3/c28-22(19-6-4-18(5-7-19)21-24-16-25-26-21)23-15-17-2-1-3-20(14-17)30-13-10-27-8-11-29-12-9-27/h1-7,14,16H,8-13,15H2,(H,23,28)(H,24,25,26). The number of rotatable bonds is 8. The zero-order valence-corrected chi connectivity index (χ0v) is 16.7. The summed E-state index contributed by atoms with van der Waals surface area (Å²) in [4.78, 5) is 18.9. The van der Waals surface area contributed by atoms with Crippen LogP contribution in [0.3, 0.4) is 0 Å². The maximum atomic E-state index is 12.5. The first-order valence-electron chi connectivity index (χ1n) is 10.0. The number of hydrogen-bond acceptors (Lipinski definition) is 6. The number of H-pyrrole nitrogens is 1. The predicted octanol–water partition coefficient (Wildman–Crippen LogP) is 2.11.